The molecule has 1 aliphatic rings. The van der Waals surface area contributed by atoms with Crippen molar-refractivity contribution in [3.63, 3.8) is 0 Å². The number of ketones is 1. The normalized spacial score (nSPS) is 13.6. The number of nitrogens with zero attached hydrogens (tertiary/aromatic N) is 5. The minimum absolute atomic E-state index is 0.128. The Hall–Kier alpha value is -2.67. The van der Waals surface area contributed by atoms with Crippen LogP contribution in [0.3, 0.4) is 0 Å². The van der Waals surface area contributed by atoms with Crippen molar-refractivity contribution < 1.29 is 4.79 Å². The summed E-state index contributed by atoms with van der Waals surface area (Å²) in [7, 11) is 0. The van der Waals surface area contributed by atoms with Gasteiger partial charge in [0, 0.05) is 47.5 Å². The van der Waals surface area contributed by atoms with Gasteiger partial charge in [-0.3, -0.25) is 14.3 Å². The Balaban J connectivity index is 1.54. The molecule has 0 bridgehead atoms. The molecule has 0 unspecified atom stereocenters. The average Bonchev–Trinajstić information content (AvgIpc) is 3.38. The van der Waals surface area contributed by atoms with Crippen LogP contribution in [0.4, 0.5) is 0 Å². The first-order chi connectivity index (χ1) is 13.6. The maximum absolute atomic E-state index is 12.9. The van der Waals surface area contributed by atoms with Gasteiger partial charge in [-0.15, -0.1) is 16.8 Å². The fourth-order valence-corrected chi connectivity index (χ4v) is 4.40. The molecule has 1 aliphatic carbocycles. The SMILES string of the molecule is C=CCn1c(SCC(=O)c2cc(C)n(C3CC3)c2C)nnc1-c1ccncc1. The second-order valence-electron chi connectivity index (χ2n) is 7.04. The summed E-state index contributed by atoms with van der Waals surface area (Å²) in [5.74, 6) is 1.22. The van der Waals surface area contributed by atoms with Crippen LogP contribution in [0.5, 0.6) is 0 Å². The van der Waals surface area contributed by atoms with Crippen LogP contribution in [0, 0.1) is 13.8 Å². The van der Waals surface area contributed by atoms with E-state index in [1.165, 1.54) is 30.3 Å². The van der Waals surface area contributed by atoms with Gasteiger partial charge in [-0.25, -0.2) is 0 Å². The van der Waals surface area contributed by atoms with Crippen molar-refractivity contribution in [3.05, 3.63) is 60.2 Å². The van der Waals surface area contributed by atoms with Gasteiger partial charge in [0.05, 0.1) is 5.75 Å². The average molecular weight is 394 g/mol. The predicted octanol–water partition coefficient (Wildman–Crippen LogP) is 4.25. The number of carbonyl (C=O) groups is 1. The number of aryl methyl sites for hydroxylation is 1. The van der Waals surface area contributed by atoms with Crippen LogP contribution >= 0.6 is 11.8 Å². The first kappa shape index (κ1) is 18.7. The van der Waals surface area contributed by atoms with E-state index in [4.69, 9.17) is 0 Å². The van der Waals surface area contributed by atoms with Crippen LogP contribution in [0.1, 0.15) is 40.6 Å². The zero-order valence-corrected chi connectivity index (χ0v) is 16.9. The highest BCUT2D eigenvalue weighted by atomic mass is 32.2. The van der Waals surface area contributed by atoms with E-state index in [-0.39, 0.29) is 5.78 Å². The molecule has 0 radical (unpaired) electrons. The Kier molecular flexibility index (Phi) is 5.17. The zero-order chi connectivity index (χ0) is 19.7. The van der Waals surface area contributed by atoms with E-state index in [0.717, 1.165) is 27.8 Å². The lowest BCUT2D eigenvalue weighted by Crippen LogP contribution is -2.07. The van der Waals surface area contributed by atoms with Crippen molar-refractivity contribution in [2.45, 2.75) is 44.4 Å². The van der Waals surface area contributed by atoms with Crippen molar-refractivity contribution in [3.8, 4) is 11.4 Å². The Bertz CT molecular complexity index is 1020. The summed E-state index contributed by atoms with van der Waals surface area (Å²) >= 11 is 1.42. The number of rotatable bonds is 8. The molecule has 4 rings (SSSR count). The number of allylic oxidation sites excluding steroid dienone is 1. The number of hydrogen-bond acceptors (Lipinski definition) is 5. The van der Waals surface area contributed by atoms with Gasteiger partial charge in [-0.1, -0.05) is 17.8 Å². The first-order valence-electron chi connectivity index (χ1n) is 9.39. The highest BCUT2D eigenvalue weighted by Crippen LogP contribution is 2.38. The van der Waals surface area contributed by atoms with Crippen LogP contribution in [0.15, 0.2) is 48.4 Å². The Morgan fingerprint density at radius 3 is 2.71 bits per heavy atom. The van der Waals surface area contributed by atoms with Gasteiger partial charge in [0.25, 0.3) is 0 Å². The summed E-state index contributed by atoms with van der Waals surface area (Å²) in [6.45, 7) is 8.54. The third-order valence-electron chi connectivity index (χ3n) is 5.00. The molecule has 3 heterocycles. The van der Waals surface area contributed by atoms with Crippen LogP contribution in [-0.2, 0) is 6.54 Å². The largest absolute Gasteiger partial charge is 0.345 e. The molecule has 0 saturated heterocycles. The molecule has 6 nitrogen and oxygen atoms in total. The highest BCUT2D eigenvalue weighted by molar-refractivity contribution is 7.99. The summed E-state index contributed by atoms with van der Waals surface area (Å²) in [5.41, 5.74) is 4.01. The second kappa shape index (κ2) is 7.75. The van der Waals surface area contributed by atoms with E-state index in [9.17, 15) is 4.79 Å². The van der Waals surface area contributed by atoms with Gasteiger partial charge in [0.2, 0.25) is 0 Å². The predicted molar refractivity (Wildman–Crippen MR) is 111 cm³/mol. The number of thioether (sulfide) groups is 1. The third-order valence-corrected chi connectivity index (χ3v) is 5.96. The minimum Gasteiger partial charge on any atom is -0.345 e. The number of carbonyl (C=O) groups excluding carboxylic acids is 1. The van der Waals surface area contributed by atoms with Gasteiger partial charge in [-0.2, -0.15) is 0 Å². The quantitative estimate of drug-likeness (QED) is 0.325. The molecular formula is C21H23N5OS. The maximum atomic E-state index is 12.9. The first-order valence-corrected chi connectivity index (χ1v) is 10.4. The third kappa shape index (κ3) is 3.54. The van der Waals surface area contributed by atoms with E-state index < -0.39 is 0 Å². The van der Waals surface area contributed by atoms with Crippen molar-refractivity contribution in [1.29, 1.82) is 0 Å². The van der Waals surface area contributed by atoms with Crippen LogP contribution in [0.25, 0.3) is 11.4 Å². The molecule has 144 valence electrons. The molecule has 0 spiro atoms. The summed E-state index contributed by atoms with van der Waals surface area (Å²) in [4.78, 5) is 16.9. The smallest absolute Gasteiger partial charge is 0.192 e. The molecule has 0 N–H and O–H groups in total. The van der Waals surface area contributed by atoms with Gasteiger partial charge in [0.15, 0.2) is 16.8 Å². The summed E-state index contributed by atoms with van der Waals surface area (Å²) in [6.07, 6.45) is 7.69. The summed E-state index contributed by atoms with van der Waals surface area (Å²) in [5, 5.41) is 9.35. The van der Waals surface area contributed by atoms with Crippen LogP contribution in [0.2, 0.25) is 0 Å². The number of aromatic nitrogens is 5. The lowest BCUT2D eigenvalue weighted by molar-refractivity contribution is 0.102. The van der Waals surface area contributed by atoms with E-state index >= 15 is 0 Å². The molecular weight excluding hydrogens is 370 g/mol. The molecule has 3 aromatic heterocycles. The van der Waals surface area contributed by atoms with Crippen LogP contribution < -0.4 is 0 Å². The summed E-state index contributed by atoms with van der Waals surface area (Å²) < 4.78 is 4.29. The topological polar surface area (TPSA) is 65.6 Å². The maximum Gasteiger partial charge on any atom is 0.192 e. The standard InChI is InChI=1S/C21H23N5OS/c1-4-11-25-20(16-7-9-22-10-8-16)23-24-21(25)28-13-19(27)18-12-14(2)26(15(18)3)17-5-6-17/h4,7-10,12,17H,1,5-6,11,13H2,2-3H3. The van der Waals surface area contributed by atoms with Gasteiger partial charge in [-0.05, 0) is 44.9 Å². The van der Waals surface area contributed by atoms with Gasteiger partial charge >= 0.3 is 0 Å². The van der Waals surface area contributed by atoms with Gasteiger partial charge < -0.3 is 4.57 Å². The fourth-order valence-electron chi connectivity index (χ4n) is 3.57. The van der Waals surface area contributed by atoms with Crippen molar-refractivity contribution in [1.82, 2.24) is 24.3 Å². The molecule has 0 atom stereocenters. The zero-order valence-electron chi connectivity index (χ0n) is 16.1. The number of hydrogen-bond donors (Lipinski definition) is 0. The minimum atomic E-state index is 0.128. The molecule has 0 aliphatic heterocycles. The Labute approximate surface area is 168 Å². The van der Waals surface area contributed by atoms with E-state index in [1.54, 1.807) is 12.4 Å². The van der Waals surface area contributed by atoms with E-state index in [0.29, 0.717) is 18.3 Å². The molecule has 0 amide bonds. The van der Waals surface area contributed by atoms with E-state index in [2.05, 4.69) is 33.3 Å². The monoisotopic (exact) mass is 393 g/mol. The molecule has 3 aromatic rings. The second-order valence-corrected chi connectivity index (χ2v) is 7.98. The molecule has 7 heteroatoms. The lowest BCUT2D eigenvalue weighted by atomic mass is 10.2. The van der Waals surface area contributed by atoms with Gasteiger partial charge in [0.1, 0.15) is 0 Å². The fraction of sp³-hybridized carbons (Fsp3) is 0.333. The van der Waals surface area contributed by atoms with E-state index in [1.807, 2.05) is 35.8 Å². The lowest BCUT2D eigenvalue weighted by Gasteiger charge is -2.08. The van der Waals surface area contributed by atoms with Crippen LogP contribution in [-0.4, -0.2) is 35.9 Å². The van der Waals surface area contributed by atoms with Crippen molar-refractivity contribution in [2.24, 2.45) is 0 Å². The Morgan fingerprint density at radius 2 is 2.04 bits per heavy atom. The molecule has 1 saturated carbocycles. The Morgan fingerprint density at radius 1 is 1.29 bits per heavy atom. The molecule has 1 fully saturated rings. The molecule has 0 aromatic carbocycles. The number of Topliss-reactive ketones (excluding diaryl/α,β-unsaturated/α-hetero) is 1. The summed E-state index contributed by atoms with van der Waals surface area (Å²) in [6, 6.07) is 6.40. The molecule has 28 heavy (non-hydrogen) atoms. The van der Waals surface area contributed by atoms with Crippen molar-refractivity contribution >= 4 is 17.5 Å². The van der Waals surface area contributed by atoms with Crippen molar-refractivity contribution in [2.75, 3.05) is 5.75 Å². The number of pyridine rings is 1. The highest BCUT2D eigenvalue weighted by Gasteiger charge is 2.28.